The fourth-order valence-corrected chi connectivity index (χ4v) is 5.26. The van der Waals surface area contributed by atoms with Crippen LogP contribution in [0.3, 0.4) is 0 Å². The van der Waals surface area contributed by atoms with Gasteiger partial charge in [-0.3, -0.25) is 4.99 Å². The molecule has 0 bridgehead atoms. The number of nitrogens with zero attached hydrogens (tertiary/aromatic N) is 1. The van der Waals surface area contributed by atoms with E-state index in [4.69, 9.17) is 4.99 Å². The minimum atomic E-state index is -0.157. The Bertz CT molecular complexity index is 900. The fraction of sp³-hybridized carbons (Fsp3) is 0.567. The van der Waals surface area contributed by atoms with Gasteiger partial charge in [-0.2, -0.15) is 0 Å². The Labute approximate surface area is 192 Å². The van der Waals surface area contributed by atoms with Crippen molar-refractivity contribution in [2.24, 2.45) is 16.3 Å². The van der Waals surface area contributed by atoms with E-state index in [9.17, 15) is 0 Å². The Morgan fingerprint density at radius 1 is 0.839 bits per heavy atom. The molecule has 0 N–H and O–H groups in total. The molecule has 0 aromatic heterocycles. The summed E-state index contributed by atoms with van der Waals surface area (Å²) in [7, 11) is 0. The molecule has 1 nitrogen and oxygen atoms in total. The summed E-state index contributed by atoms with van der Waals surface area (Å²) in [6, 6.07) is 17.6. The summed E-state index contributed by atoms with van der Waals surface area (Å²) in [6.45, 7) is 23.6. The van der Waals surface area contributed by atoms with Gasteiger partial charge in [-0.05, 0) is 60.8 Å². The SMILES string of the molecule is CCC(C)C(C)(c1ccccc1C(C)(C)C(C)=Nc1ccccc1C)C(C)(CC)CC. The number of hydrogen-bond acceptors (Lipinski definition) is 1. The van der Waals surface area contributed by atoms with Crippen LogP contribution in [0.5, 0.6) is 0 Å². The van der Waals surface area contributed by atoms with Gasteiger partial charge in [0.2, 0.25) is 0 Å². The molecule has 2 rings (SSSR count). The number of aliphatic imine (C=N–C) groups is 1. The third-order valence-corrected chi connectivity index (χ3v) is 8.88. The van der Waals surface area contributed by atoms with Crippen molar-refractivity contribution in [3.05, 3.63) is 65.2 Å². The molecule has 0 radical (unpaired) electrons. The van der Waals surface area contributed by atoms with Crippen molar-refractivity contribution in [2.75, 3.05) is 0 Å². The molecule has 0 amide bonds. The normalized spacial score (nSPS) is 16.1. The van der Waals surface area contributed by atoms with E-state index in [1.54, 1.807) is 0 Å². The van der Waals surface area contributed by atoms with E-state index in [-0.39, 0.29) is 16.2 Å². The molecule has 0 heterocycles. The van der Waals surface area contributed by atoms with Crippen LogP contribution in [0.4, 0.5) is 5.69 Å². The van der Waals surface area contributed by atoms with Crippen LogP contribution < -0.4 is 0 Å². The third-order valence-electron chi connectivity index (χ3n) is 8.88. The third kappa shape index (κ3) is 4.52. The average molecular weight is 420 g/mol. The van der Waals surface area contributed by atoms with E-state index in [0.717, 1.165) is 11.4 Å². The molecule has 0 aliphatic heterocycles. The van der Waals surface area contributed by atoms with E-state index in [1.165, 1.54) is 36.0 Å². The Balaban J connectivity index is 2.74. The van der Waals surface area contributed by atoms with Crippen LogP contribution in [0.1, 0.15) is 98.3 Å². The molecule has 2 unspecified atom stereocenters. The zero-order chi connectivity index (χ0) is 23.4. The van der Waals surface area contributed by atoms with Crippen molar-refractivity contribution in [1.82, 2.24) is 0 Å². The molecule has 1 heteroatoms. The van der Waals surface area contributed by atoms with Gasteiger partial charge in [0.1, 0.15) is 0 Å². The molecule has 2 atom stereocenters. The zero-order valence-corrected chi connectivity index (χ0v) is 21.8. The minimum Gasteiger partial charge on any atom is -0.257 e. The van der Waals surface area contributed by atoms with Crippen LogP contribution in [0.15, 0.2) is 53.5 Å². The van der Waals surface area contributed by atoms with Crippen molar-refractivity contribution >= 4 is 11.4 Å². The van der Waals surface area contributed by atoms with Crippen LogP contribution in [0, 0.1) is 18.3 Å². The second kappa shape index (κ2) is 9.72. The van der Waals surface area contributed by atoms with Gasteiger partial charge in [-0.15, -0.1) is 0 Å². The maximum atomic E-state index is 5.11. The van der Waals surface area contributed by atoms with Crippen molar-refractivity contribution in [1.29, 1.82) is 0 Å². The number of rotatable bonds is 9. The second-order valence-electron chi connectivity index (χ2n) is 10.4. The van der Waals surface area contributed by atoms with Crippen molar-refractivity contribution in [3.63, 3.8) is 0 Å². The van der Waals surface area contributed by atoms with E-state index in [0.29, 0.717) is 5.92 Å². The first-order chi connectivity index (χ1) is 14.5. The highest BCUT2D eigenvalue weighted by atomic mass is 14.8. The average Bonchev–Trinajstić information content (AvgIpc) is 2.78. The Morgan fingerprint density at radius 3 is 1.87 bits per heavy atom. The molecular formula is C30H45N. The summed E-state index contributed by atoms with van der Waals surface area (Å²) in [4.78, 5) is 5.11. The highest BCUT2D eigenvalue weighted by molar-refractivity contribution is 5.94. The predicted molar refractivity (Wildman–Crippen MR) is 139 cm³/mol. The zero-order valence-electron chi connectivity index (χ0n) is 21.8. The highest BCUT2D eigenvalue weighted by Gasteiger charge is 2.48. The lowest BCUT2D eigenvalue weighted by Crippen LogP contribution is -2.47. The van der Waals surface area contributed by atoms with Crippen molar-refractivity contribution < 1.29 is 0 Å². The number of hydrogen-bond donors (Lipinski definition) is 0. The first-order valence-corrected chi connectivity index (χ1v) is 12.2. The van der Waals surface area contributed by atoms with Gasteiger partial charge in [0.15, 0.2) is 0 Å². The van der Waals surface area contributed by atoms with Crippen LogP contribution in [0.2, 0.25) is 0 Å². The van der Waals surface area contributed by atoms with Crippen LogP contribution >= 0.6 is 0 Å². The summed E-state index contributed by atoms with van der Waals surface area (Å²) in [5.74, 6) is 0.586. The molecular weight excluding hydrogens is 374 g/mol. The molecule has 0 saturated carbocycles. The summed E-state index contributed by atoms with van der Waals surface area (Å²) < 4.78 is 0. The summed E-state index contributed by atoms with van der Waals surface area (Å²) >= 11 is 0. The van der Waals surface area contributed by atoms with Gasteiger partial charge in [0, 0.05) is 16.5 Å². The van der Waals surface area contributed by atoms with E-state index in [2.05, 4.69) is 118 Å². The van der Waals surface area contributed by atoms with E-state index < -0.39 is 0 Å². The molecule has 0 fully saturated rings. The lowest BCUT2D eigenvalue weighted by atomic mass is 9.52. The quantitative estimate of drug-likeness (QED) is 0.359. The first kappa shape index (κ1) is 25.4. The molecule has 0 aliphatic rings. The second-order valence-corrected chi connectivity index (χ2v) is 10.4. The summed E-state index contributed by atoms with van der Waals surface area (Å²) in [6.07, 6.45) is 3.53. The fourth-order valence-electron chi connectivity index (χ4n) is 5.26. The number of para-hydroxylation sites is 1. The van der Waals surface area contributed by atoms with Crippen LogP contribution in [-0.2, 0) is 10.8 Å². The van der Waals surface area contributed by atoms with Gasteiger partial charge in [0.05, 0.1) is 5.69 Å². The molecule has 2 aromatic rings. The van der Waals surface area contributed by atoms with Crippen molar-refractivity contribution in [2.45, 2.75) is 99.3 Å². The Kier molecular flexibility index (Phi) is 7.95. The molecule has 170 valence electrons. The van der Waals surface area contributed by atoms with E-state index in [1.807, 2.05) is 0 Å². The summed E-state index contributed by atoms with van der Waals surface area (Å²) in [5.41, 5.74) is 6.53. The highest BCUT2D eigenvalue weighted by Crippen LogP contribution is 2.54. The summed E-state index contributed by atoms with van der Waals surface area (Å²) in [5, 5.41) is 0. The number of benzene rings is 2. The maximum Gasteiger partial charge on any atom is 0.0658 e. The monoisotopic (exact) mass is 419 g/mol. The predicted octanol–water partition coefficient (Wildman–Crippen LogP) is 9.20. The molecule has 0 aliphatic carbocycles. The molecule has 0 spiro atoms. The van der Waals surface area contributed by atoms with Gasteiger partial charge in [-0.25, -0.2) is 0 Å². The Hall–Kier alpha value is -1.89. The smallest absolute Gasteiger partial charge is 0.0658 e. The minimum absolute atomic E-state index is 0.0854. The van der Waals surface area contributed by atoms with Gasteiger partial charge in [0.25, 0.3) is 0 Å². The van der Waals surface area contributed by atoms with Crippen molar-refractivity contribution in [3.8, 4) is 0 Å². The molecule has 0 saturated heterocycles. The Morgan fingerprint density at radius 2 is 1.35 bits per heavy atom. The van der Waals surface area contributed by atoms with Gasteiger partial charge >= 0.3 is 0 Å². The first-order valence-electron chi connectivity index (χ1n) is 12.2. The van der Waals surface area contributed by atoms with Crippen LogP contribution in [0.25, 0.3) is 0 Å². The van der Waals surface area contributed by atoms with E-state index >= 15 is 0 Å². The molecule has 31 heavy (non-hydrogen) atoms. The number of aryl methyl sites for hydroxylation is 1. The van der Waals surface area contributed by atoms with Crippen LogP contribution in [-0.4, -0.2) is 5.71 Å². The lowest BCUT2D eigenvalue weighted by Gasteiger charge is -2.52. The van der Waals surface area contributed by atoms with Gasteiger partial charge in [-0.1, -0.05) is 104 Å². The largest absolute Gasteiger partial charge is 0.257 e. The molecule has 2 aromatic carbocycles. The maximum absolute atomic E-state index is 5.11. The standard InChI is InChI=1S/C30H45N/c1-11-23(5)30(10,29(9,12-2)13-3)26-20-16-15-19-25(26)28(7,8)24(6)31-27-21-17-14-18-22(27)4/h14-21,23H,11-13H2,1-10H3. The van der Waals surface area contributed by atoms with Gasteiger partial charge < -0.3 is 0 Å². The topological polar surface area (TPSA) is 12.4 Å². The lowest BCUT2D eigenvalue weighted by molar-refractivity contribution is 0.0796.